The number of anilines is 2. The molecule has 0 spiro atoms. The van der Waals surface area contributed by atoms with E-state index in [0.717, 1.165) is 0 Å². The molecule has 1 aliphatic heterocycles. The Balaban J connectivity index is 1.73. The number of hydrogen-bond acceptors (Lipinski definition) is 7. The first-order valence-electron chi connectivity index (χ1n) is 7.37. The van der Waals surface area contributed by atoms with Gasteiger partial charge in [-0.25, -0.2) is 4.98 Å². The number of ether oxygens (including phenoxy) is 1. The number of primary amides is 1. The van der Waals surface area contributed by atoms with Gasteiger partial charge in [0.25, 0.3) is 11.8 Å². The van der Waals surface area contributed by atoms with Crippen LogP contribution >= 0.6 is 0 Å². The number of nitrogens with two attached hydrogens (primary N) is 1. The van der Waals surface area contributed by atoms with Crippen molar-refractivity contribution in [3.63, 3.8) is 0 Å². The topological polar surface area (TPSA) is 123 Å². The van der Waals surface area contributed by atoms with Crippen molar-refractivity contribution in [3.05, 3.63) is 41.9 Å². The molecule has 9 nitrogen and oxygen atoms in total. The zero-order valence-corrected chi connectivity index (χ0v) is 12.8. The van der Waals surface area contributed by atoms with Crippen LogP contribution in [0.5, 0.6) is 0 Å². The maximum Gasteiger partial charge on any atom is 0.271 e. The minimum Gasteiger partial charge on any atom is -0.378 e. The molecule has 2 aromatic rings. The molecule has 0 unspecified atom stereocenters. The van der Waals surface area contributed by atoms with E-state index in [1.54, 1.807) is 23.1 Å². The summed E-state index contributed by atoms with van der Waals surface area (Å²) in [6, 6.07) is 4.89. The van der Waals surface area contributed by atoms with Crippen LogP contribution < -0.4 is 11.1 Å². The number of morpholine rings is 1. The fourth-order valence-electron chi connectivity index (χ4n) is 2.30. The molecule has 1 aliphatic rings. The normalized spacial score (nSPS) is 14.2. The van der Waals surface area contributed by atoms with Crippen LogP contribution in [0.1, 0.15) is 20.8 Å². The van der Waals surface area contributed by atoms with Gasteiger partial charge < -0.3 is 20.7 Å². The molecule has 24 heavy (non-hydrogen) atoms. The van der Waals surface area contributed by atoms with Gasteiger partial charge in [-0.05, 0) is 18.2 Å². The predicted octanol–water partition coefficient (Wildman–Crippen LogP) is 0.186. The predicted molar refractivity (Wildman–Crippen MR) is 84.8 cm³/mol. The van der Waals surface area contributed by atoms with E-state index in [9.17, 15) is 9.59 Å². The quantitative estimate of drug-likeness (QED) is 0.821. The SMILES string of the molecule is NC(=O)c1nnccc1Nc1ccc(C(=O)N2CCOCC2)cn1. The third kappa shape index (κ3) is 3.46. The number of carbonyl (C=O) groups is 2. The summed E-state index contributed by atoms with van der Waals surface area (Å²) in [5.74, 6) is -0.311. The lowest BCUT2D eigenvalue weighted by atomic mass is 10.2. The average Bonchev–Trinajstić information content (AvgIpc) is 2.63. The third-order valence-corrected chi connectivity index (χ3v) is 3.53. The van der Waals surface area contributed by atoms with Crippen LogP contribution in [0.25, 0.3) is 0 Å². The fourth-order valence-corrected chi connectivity index (χ4v) is 2.30. The number of carbonyl (C=O) groups excluding carboxylic acids is 2. The standard InChI is InChI=1S/C15H16N6O3/c16-14(22)13-11(3-4-18-20-13)19-12-2-1-10(9-17-12)15(23)21-5-7-24-8-6-21/h1-4,9H,5-8H2,(H2,16,22)(H,17,18,19). The lowest BCUT2D eigenvalue weighted by Crippen LogP contribution is -2.40. The van der Waals surface area contributed by atoms with E-state index < -0.39 is 5.91 Å². The zero-order valence-electron chi connectivity index (χ0n) is 12.8. The molecule has 1 saturated heterocycles. The summed E-state index contributed by atoms with van der Waals surface area (Å²) in [4.78, 5) is 29.6. The molecule has 9 heteroatoms. The highest BCUT2D eigenvalue weighted by atomic mass is 16.5. The third-order valence-electron chi connectivity index (χ3n) is 3.53. The zero-order chi connectivity index (χ0) is 16.9. The van der Waals surface area contributed by atoms with Crippen molar-refractivity contribution in [2.24, 2.45) is 5.73 Å². The molecule has 1 fully saturated rings. The van der Waals surface area contributed by atoms with Gasteiger partial charge in [0, 0.05) is 19.3 Å². The Bertz CT molecular complexity index is 743. The molecule has 3 N–H and O–H groups in total. The molecular formula is C15H16N6O3. The van der Waals surface area contributed by atoms with Crippen LogP contribution in [0.15, 0.2) is 30.6 Å². The summed E-state index contributed by atoms with van der Waals surface area (Å²) >= 11 is 0. The van der Waals surface area contributed by atoms with E-state index in [1.165, 1.54) is 12.4 Å². The van der Waals surface area contributed by atoms with Gasteiger partial charge in [-0.1, -0.05) is 0 Å². The first kappa shape index (κ1) is 15.8. The number of aromatic nitrogens is 3. The first-order chi connectivity index (χ1) is 11.6. The van der Waals surface area contributed by atoms with Crippen LogP contribution in [-0.2, 0) is 4.74 Å². The van der Waals surface area contributed by atoms with Crippen molar-refractivity contribution >= 4 is 23.3 Å². The van der Waals surface area contributed by atoms with Crippen molar-refractivity contribution in [1.29, 1.82) is 0 Å². The van der Waals surface area contributed by atoms with E-state index in [-0.39, 0.29) is 11.6 Å². The number of nitrogens with one attached hydrogen (secondary N) is 1. The molecule has 0 atom stereocenters. The molecular weight excluding hydrogens is 312 g/mol. The van der Waals surface area contributed by atoms with Gasteiger partial charge in [0.2, 0.25) is 0 Å². The minimum atomic E-state index is -0.690. The maximum absolute atomic E-state index is 12.3. The van der Waals surface area contributed by atoms with Crippen molar-refractivity contribution in [2.45, 2.75) is 0 Å². The Hall–Kier alpha value is -3.07. The summed E-state index contributed by atoms with van der Waals surface area (Å²) in [5.41, 5.74) is 6.16. The molecule has 124 valence electrons. The maximum atomic E-state index is 12.3. The summed E-state index contributed by atoms with van der Waals surface area (Å²) in [5, 5.41) is 10.3. The molecule has 0 aliphatic carbocycles. The van der Waals surface area contributed by atoms with Gasteiger partial charge in [0.05, 0.1) is 30.7 Å². The van der Waals surface area contributed by atoms with Crippen LogP contribution in [0.2, 0.25) is 0 Å². The van der Waals surface area contributed by atoms with E-state index in [2.05, 4.69) is 20.5 Å². The Morgan fingerprint density at radius 1 is 1.21 bits per heavy atom. The molecule has 2 amide bonds. The lowest BCUT2D eigenvalue weighted by molar-refractivity contribution is 0.0302. The van der Waals surface area contributed by atoms with Crippen LogP contribution in [0, 0.1) is 0 Å². The summed E-state index contributed by atoms with van der Waals surface area (Å²) in [6.07, 6.45) is 2.92. The van der Waals surface area contributed by atoms with Crippen LogP contribution in [0.4, 0.5) is 11.5 Å². The van der Waals surface area contributed by atoms with Gasteiger partial charge in [-0.2, -0.15) is 5.10 Å². The van der Waals surface area contributed by atoms with E-state index in [4.69, 9.17) is 10.5 Å². The van der Waals surface area contributed by atoms with Gasteiger partial charge in [-0.15, -0.1) is 5.10 Å². The van der Waals surface area contributed by atoms with E-state index in [0.29, 0.717) is 43.4 Å². The summed E-state index contributed by atoms with van der Waals surface area (Å²) in [7, 11) is 0. The van der Waals surface area contributed by atoms with Gasteiger partial charge >= 0.3 is 0 Å². The van der Waals surface area contributed by atoms with Crippen molar-refractivity contribution < 1.29 is 14.3 Å². The van der Waals surface area contributed by atoms with Crippen LogP contribution in [0.3, 0.4) is 0 Å². The highest BCUT2D eigenvalue weighted by Crippen LogP contribution is 2.17. The van der Waals surface area contributed by atoms with Gasteiger partial charge in [0.15, 0.2) is 5.69 Å². The molecule has 0 bridgehead atoms. The number of nitrogens with zero attached hydrogens (tertiary/aromatic N) is 4. The number of pyridine rings is 1. The molecule has 3 heterocycles. The lowest BCUT2D eigenvalue weighted by Gasteiger charge is -2.26. The Kier molecular flexibility index (Phi) is 4.62. The molecule has 0 radical (unpaired) electrons. The Labute approximate surface area is 137 Å². The second kappa shape index (κ2) is 7.01. The number of hydrogen-bond donors (Lipinski definition) is 2. The van der Waals surface area contributed by atoms with Gasteiger partial charge in [0.1, 0.15) is 5.82 Å². The van der Waals surface area contributed by atoms with Gasteiger partial charge in [-0.3, -0.25) is 9.59 Å². The first-order valence-corrected chi connectivity index (χ1v) is 7.37. The summed E-state index contributed by atoms with van der Waals surface area (Å²) in [6.45, 7) is 2.24. The molecule has 3 rings (SSSR count). The number of rotatable bonds is 4. The largest absolute Gasteiger partial charge is 0.378 e. The Morgan fingerprint density at radius 2 is 2.00 bits per heavy atom. The second-order valence-electron chi connectivity index (χ2n) is 5.12. The summed E-state index contributed by atoms with van der Waals surface area (Å²) < 4.78 is 5.23. The molecule has 0 aromatic carbocycles. The monoisotopic (exact) mass is 328 g/mol. The molecule has 0 saturated carbocycles. The van der Waals surface area contributed by atoms with E-state index >= 15 is 0 Å². The number of amides is 2. The minimum absolute atomic E-state index is 0.0211. The van der Waals surface area contributed by atoms with Crippen molar-refractivity contribution in [1.82, 2.24) is 20.1 Å². The fraction of sp³-hybridized carbons (Fsp3) is 0.267. The highest BCUT2D eigenvalue weighted by molar-refractivity contribution is 5.97. The van der Waals surface area contributed by atoms with Crippen molar-refractivity contribution in [2.75, 3.05) is 31.6 Å². The van der Waals surface area contributed by atoms with E-state index in [1.807, 2.05) is 0 Å². The highest BCUT2D eigenvalue weighted by Gasteiger charge is 2.19. The van der Waals surface area contributed by atoms with Crippen LogP contribution in [-0.4, -0.2) is 58.2 Å². The molecule has 2 aromatic heterocycles. The second-order valence-corrected chi connectivity index (χ2v) is 5.12. The van der Waals surface area contributed by atoms with Crippen molar-refractivity contribution in [3.8, 4) is 0 Å². The Morgan fingerprint density at radius 3 is 2.67 bits per heavy atom. The average molecular weight is 328 g/mol. The smallest absolute Gasteiger partial charge is 0.271 e.